The van der Waals surface area contributed by atoms with Gasteiger partial charge in [-0.2, -0.15) is 0 Å². The number of hydrogen-bond donors (Lipinski definition) is 2. The van der Waals surface area contributed by atoms with Crippen LogP contribution in [0.3, 0.4) is 0 Å². The summed E-state index contributed by atoms with van der Waals surface area (Å²) in [6.45, 7) is 2.44. The van der Waals surface area contributed by atoms with Gasteiger partial charge in [0, 0.05) is 6.61 Å². The second kappa shape index (κ2) is 7.12. The first kappa shape index (κ1) is 10.0. The lowest BCUT2D eigenvalue weighted by Crippen LogP contribution is -2.07. The third-order valence-corrected chi connectivity index (χ3v) is 1.42. The Bertz CT molecular complexity index is 67.9. The topological polar surface area (TPSA) is 49.7 Å². The van der Waals surface area contributed by atoms with Crippen LogP contribution < -0.4 is 0 Å². The second-order valence-electron chi connectivity index (χ2n) is 2.08. The molecule has 2 N–H and O–H groups in total. The predicted molar refractivity (Wildman–Crippen MR) is 40.6 cm³/mol. The first-order valence-corrected chi connectivity index (χ1v) is 3.40. The fraction of sp³-hybridized carbons (Fsp3) is 1.00. The highest BCUT2D eigenvalue weighted by Gasteiger charge is 2.05. The molecule has 5 heteroatoms. The highest BCUT2D eigenvalue weighted by atomic mass is 16.5. The minimum Gasteiger partial charge on any atom is -0.454 e. The van der Waals surface area contributed by atoms with Gasteiger partial charge in [0.15, 0.2) is 0 Å². The SMILES string of the molecule is CCC([B]O)CCO[B]O. The van der Waals surface area contributed by atoms with Gasteiger partial charge < -0.3 is 14.7 Å². The van der Waals surface area contributed by atoms with E-state index in [-0.39, 0.29) is 5.82 Å². The van der Waals surface area contributed by atoms with Crippen LogP contribution in [0.15, 0.2) is 0 Å². The lowest BCUT2D eigenvalue weighted by atomic mass is 9.76. The third-order valence-electron chi connectivity index (χ3n) is 1.42. The van der Waals surface area contributed by atoms with Crippen LogP contribution in [0.1, 0.15) is 19.8 Å². The Hall–Kier alpha value is 0.00987. The quantitative estimate of drug-likeness (QED) is 0.396. The van der Waals surface area contributed by atoms with Crippen molar-refractivity contribution < 1.29 is 14.7 Å². The fourth-order valence-electron chi connectivity index (χ4n) is 0.656. The molecule has 0 amide bonds. The molecule has 1 atom stereocenters. The highest BCUT2D eigenvalue weighted by molar-refractivity contribution is 6.27. The molecule has 0 bridgehead atoms. The maximum Gasteiger partial charge on any atom is 0.485 e. The molecule has 1 unspecified atom stereocenters. The normalized spacial score (nSPS) is 12.7. The average molecular weight is 142 g/mol. The summed E-state index contributed by atoms with van der Waals surface area (Å²) in [5.74, 6) is 0.181. The van der Waals surface area contributed by atoms with Crippen LogP contribution in [0.4, 0.5) is 0 Å². The minimum atomic E-state index is 0.181. The number of rotatable bonds is 6. The summed E-state index contributed by atoms with van der Waals surface area (Å²) in [7, 11) is 1.84. The van der Waals surface area contributed by atoms with E-state index in [4.69, 9.17) is 10.0 Å². The van der Waals surface area contributed by atoms with Crippen molar-refractivity contribution in [3.8, 4) is 0 Å². The van der Waals surface area contributed by atoms with Gasteiger partial charge in [0.2, 0.25) is 0 Å². The van der Waals surface area contributed by atoms with Crippen molar-refractivity contribution in [2.24, 2.45) is 0 Å². The van der Waals surface area contributed by atoms with E-state index in [2.05, 4.69) is 4.65 Å². The monoisotopic (exact) mass is 142 g/mol. The van der Waals surface area contributed by atoms with Gasteiger partial charge >= 0.3 is 7.69 Å². The highest BCUT2D eigenvalue weighted by Crippen LogP contribution is 2.11. The smallest absolute Gasteiger partial charge is 0.454 e. The van der Waals surface area contributed by atoms with Crippen molar-refractivity contribution in [3.63, 3.8) is 0 Å². The molecule has 0 aromatic heterocycles. The van der Waals surface area contributed by atoms with Crippen LogP contribution in [0.2, 0.25) is 5.82 Å². The Kier molecular flexibility index (Phi) is 7.13. The molecular weight excluding hydrogens is 130 g/mol. The van der Waals surface area contributed by atoms with E-state index in [9.17, 15) is 0 Å². The van der Waals surface area contributed by atoms with Crippen molar-refractivity contribution in [3.05, 3.63) is 0 Å². The molecule has 56 valence electrons. The van der Waals surface area contributed by atoms with Gasteiger partial charge in [-0.3, -0.25) is 0 Å². The molecule has 0 aliphatic heterocycles. The Balaban J connectivity index is 3.09. The van der Waals surface area contributed by atoms with Gasteiger partial charge in [-0.05, 0) is 12.2 Å². The van der Waals surface area contributed by atoms with Crippen LogP contribution >= 0.6 is 0 Å². The zero-order valence-corrected chi connectivity index (χ0v) is 6.16. The van der Waals surface area contributed by atoms with Gasteiger partial charge in [0.25, 0.3) is 7.48 Å². The van der Waals surface area contributed by atoms with Gasteiger partial charge in [-0.25, -0.2) is 0 Å². The van der Waals surface area contributed by atoms with Crippen LogP contribution in [0.25, 0.3) is 0 Å². The Morgan fingerprint density at radius 3 is 2.60 bits per heavy atom. The van der Waals surface area contributed by atoms with E-state index < -0.39 is 0 Å². The molecular formula is C5H12B2O3. The molecule has 2 radical (unpaired) electrons. The van der Waals surface area contributed by atoms with E-state index in [1.54, 1.807) is 0 Å². The molecule has 0 aromatic rings. The molecule has 0 aliphatic rings. The largest absolute Gasteiger partial charge is 0.485 e. The van der Waals surface area contributed by atoms with Crippen molar-refractivity contribution in [1.82, 2.24) is 0 Å². The van der Waals surface area contributed by atoms with Crippen LogP contribution in [0.5, 0.6) is 0 Å². The second-order valence-corrected chi connectivity index (χ2v) is 2.08. The maximum atomic E-state index is 8.57. The molecule has 0 saturated heterocycles. The van der Waals surface area contributed by atoms with Crippen molar-refractivity contribution >= 4 is 15.2 Å². The summed E-state index contributed by atoms with van der Waals surface area (Å²) in [4.78, 5) is 0. The molecule has 0 fully saturated rings. The van der Waals surface area contributed by atoms with Gasteiger partial charge in [-0.1, -0.05) is 13.3 Å². The van der Waals surface area contributed by atoms with Gasteiger partial charge in [0.1, 0.15) is 0 Å². The maximum absolute atomic E-state index is 8.57. The van der Waals surface area contributed by atoms with Crippen molar-refractivity contribution in [2.45, 2.75) is 25.6 Å². The van der Waals surface area contributed by atoms with E-state index >= 15 is 0 Å². The Morgan fingerprint density at radius 2 is 2.20 bits per heavy atom. The Labute approximate surface area is 63.0 Å². The summed E-state index contributed by atoms with van der Waals surface area (Å²) in [5, 5.41) is 16.7. The van der Waals surface area contributed by atoms with Crippen LogP contribution in [-0.2, 0) is 4.65 Å². The lowest BCUT2D eigenvalue weighted by Gasteiger charge is -2.08. The van der Waals surface area contributed by atoms with Gasteiger partial charge in [0.05, 0.1) is 0 Å². The van der Waals surface area contributed by atoms with Crippen LogP contribution in [-0.4, -0.2) is 31.8 Å². The lowest BCUT2D eigenvalue weighted by molar-refractivity contribution is 0.274. The minimum absolute atomic E-state index is 0.181. The zero-order valence-electron chi connectivity index (χ0n) is 6.16. The summed E-state index contributed by atoms with van der Waals surface area (Å²) in [6, 6.07) is 0. The molecule has 0 saturated carbocycles. The predicted octanol–water partition coefficient (Wildman–Crippen LogP) is -0.270. The molecule has 3 nitrogen and oxygen atoms in total. The molecule has 0 rings (SSSR count). The van der Waals surface area contributed by atoms with Crippen molar-refractivity contribution in [2.75, 3.05) is 6.61 Å². The van der Waals surface area contributed by atoms with E-state index in [1.807, 2.05) is 6.92 Å². The van der Waals surface area contributed by atoms with Crippen LogP contribution in [0, 0.1) is 0 Å². The third kappa shape index (κ3) is 4.85. The molecule has 0 aliphatic carbocycles. The molecule has 0 spiro atoms. The molecule has 0 aromatic carbocycles. The Morgan fingerprint density at radius 1 is 1.50 bits per heavy atom. The summed E-state index contributed by atoms with van der Waals surface area (Å²) in [5.41, 5.74) is 0. The fourth-order valence-corrected chi connectivity index (χ4v) is 0.656. The zero-order chi connectivity index (χ0) is 7.82. The van der Waals surface area contributed by atoms with E-state index in [0.29, 0.717) is 14.3 Å². The van der Waals surface area contributed by atoms with E-state index in [1.165, 1.54) is 7.48 Å². The number of hydrogen-bond acceptors (Lipinski definition) is 3. The molecule has 10 heavy (non-hydrogen) atoms. The first-order chi connectivity index (χ1) is 4.85. The summed E-state index contributed by atoms with van der Waals surface area (Å²) in [6.07, 6.45) is 1.63. The standard InChI is InChI=1S/C5H12B2O3/c1-2-5(6-8)3-4-10-7-9/h5,8-9H,2-4H2,1H3. The summed E-state index contributed by atoms with van der Waals surface area (Å²) >= 11 is 0. The average Bonchev–Trinajstić information content (AvgIpc) is 1.99. The van der Waals surface area contributed by atoms with E-state index in [0.717, 1.165) is 12.8 Å². The van der Waals surface area contributed by atoms with Crippen molar-refractivity contribution in [1.29, 1.82) is 0 Å². The van der Waals surface area contributed by atoms with Gasteiger partial charge in [-0.15, -0.1) is 0 Å². The summed E-state index contributed by atoms with van der Waals surface area (Å²) < 4.78 is 4.57. The molecule has 0 heterocycles. The first-order valence-electron chi connectivity index (χ1n) is 3.40.